The molecule has 24 heavy (non-hydrogen) atoms. The number of benzene rings is 2. The molecule has 0 heterocycles. The lowest BCUT2D eigenvalue weighted by Crippen LogP contribution is -2.19. The number of hydrazone groups is 1. The van der Waals surface area contributed by atoms with Crippen LogP contribution in [0.5, 0.6) is 11.5 Å². The number of terminal acetylenes is 1. The number of hydrogen-bond donors (Lipinski definition) is 1. The van der Waals surface area contributed by atoms with Crippen molar-refractivity contribution in [2.45, 2.75) is 6.42 Å². The predicted octanol–water partition coefficient (Wildman–Crippen LogP) is 2.40. The maximum Gasteiger partial charge on any atom is 0.244 e. The van der Waals surface area contributed by atoms with Gasteiger partial charge in [0, 0.05) is 0 Å². The fourth-order valence-electron chi connectivity index (χ4n) is 1.96. The minimum atomic E-state index is -0.198. The molecule has 0 unspecified atom stereocenters. The lowest BCUT2D eigenvalue weighted by molar-refractivity contribution is -0.120. The van der Waals surface area contributed by atoms with Crippen molar-refractivity contribution in [3.05, 3.63) is 59.7 Å². The van der Waals surface area contributed by atoms with Crippen molar-refractivity contribution in [2.24, 2.45) is 5.10 Å². The maximum atomic E-state index is 11.9. The molecule has 0 aliphatic rings. The van der Waals surface area contributed by atoms with Crippen LogP contribution in [0.3, 0.4) is 0 Å². The van der Waals surface area contributed by atoms with Crippen molar-refractivity contribution in [3.63, 3.8) is 0 Å². The summed E-state index contributed by atoms with van der Waals surface area (Å²) in [7, 11) is 1.60. The number of rotatable bonds is 7. The highest BCUT2D eigenvalue weighted by Gasteiger charge is 2.02. The summed E-state index contributed by atoms with van der Waals surface area (Å²) >= 11 is 0. The minimum Gasteiger partial charge on any atom is -0.497 e. The number of nitrogens with zero attached hydrogens (tertiary/aromatic N) is 1. The van der Waals surface area contributed by atoms with Gasteiger partial charge in [-0.3, -0.25) is 4.79 Å². The zero-order chi connectivity index (χ0) is 17.2. The lowest BCUT2D eigenvalue weighted by Gasteiger charge is -2.03. The molecule has 2 aromatic carbocycles. The summed E-state index contributed by atoms with van der Waals surface area (Å²) in [6.07, 6.45) is 6.94. The number of amides is 1. The average molecular weight is 322 g/mol. The van der Waals surface area contributed by atoms with Gasteiger partial charge in [-0.15, -0.1) is 6.42 Å². The Bertz CT molecular complexity index is 746. The highest BCUT2D eigenvalue weighted by atomic mass is 16.5. The molecule has 5 nitrogen and oxygen atoms in total. The van der Waals surface area contributed by atoms with Gasteiger partial charge >= 0.3 is 0 Å². The first-order valence-electron chi connectivity index (χ1n) is 7.32. The SMILES string of the molecule is C#CCOc1cccc(/C=N/NC(=O)Cc2ccc(OC)cc2)c1. The van der Waals surface area contributed by atoms with E-state index in [0.29, 0.717) is 5.75 Å². The minimum absolute atomic E-state index is 0.198. The number of carbonyl (C=O) groups is 1. The number of methoxy groups -OCH3 is 1. The summed E-state index contributed by atoms with van der Waals surface area (Å²) in [4.78, 5) is 11.9. The highest BCUT2D eigenvalue weighted by molar-refractivity contribution is 5.83. The van der Waals surface area contributed by atoms with Gasteiger partial charge in [0.15, 0.2) is 0 Å². The quantitative estimate of drug-likeness (QED) is 0.484. The summed E-state index contributed by atoms with van der Waals surface area (Å²) in [5.41, 5.74) is 4.18. The van der Waals surface area contributed by atoms with Crippen LogP contribution in [0.2, 0.25) is 0 Å². The third kappa shape index (κ3) is 5.50. The second kappa shape index (κ2) is 9.01. The van der Waals surface area contributed by atoms with E-state index in [1.165, 1.54) is 0 Å². The fourth-order valence-corrected chi connectivity index (χ4v) is 1.96. The van der Waals surface area contributed by atoms with Crippen LogP contribution in [0.25, 0.3) is 0 Å². The van der Waals surface area contributed by atoms with E-state index in [4.69, 9.17) is 15.9 Å². The van der Waals surface area contributed by atoms with Gasteiger partial charge in [0.05, 0.1) is 19.7 Å². The number of hydrogen-bond acceptors (Lipinski definition) is 4. The smallest absolute Gasteiger partial charge is 0.244 e. The Morgan fingerprint density at radius 3 is 2.75 bits per heavy atom. The van der Waals surface area contributed by atoms with Gasteiger partial charge in [-0.2, -0.15) is 5.10 Å². The topological polar surface area (TPSA) is 59.9 Å². The highest BCUT2D eigenvalue weighted by Crippen LogP contribution is 2.12. The number of ether oxygens (including phenoxy) is 2. The molecule has 0 radical (unpaired) electrons. The van der Waals surface area contributed by atoms with E-state index in [2.05, 4.69) is 16.4 Å². The van der Waals surface area contributed by atoms with Crippen molar-refractivity contribution in [1.82, 2.24) is 5.43 Å². The van der Waals surface area contributed by atoms with Crippen molar-refractivity contribution in [2.75, 3.05) is 13.7 Å². The Morgan fingerprint density at radius 2 is 2.04 bits per heavy atom. The average Bonchev–Trinajstić information content (AvgIpc) is 2.61. The first kappa shape index (κ1) is 17.1. The van der Waals surface area contributed by atoms with Crippen LogP contribution in [0.1, 0.15) is 11.1 Å². The Hall–Kier alpha value is -3.26. The van der Waals surface area contributed by atoms with E-state index < -0.39 is 0 Å². The van der Waals surface area contributed by atoms with Crippen LogP contribution < -0.4 is 14.9 Å². The van der Waals surface area contributed by atoms with Crippen LogP contribution in [-0.2, 0) is 11.2 Å². The van der Waals surface area contributed by atoms with Crippen molar-refractivity contribution in [1.29, 1.82) is 0 Å². The largest absolute Gasteiger partial charge is 0.497 e. The summed E-state index contributed by atoms with van der Waals surface area (Å²) in [6, 6.07) is 14.6. The predicted molar refractivity (Wildman–Crippen MR) is 93.2 cm³/mol. The van der Waals surface area contributed by atoms with E-state index in [-0.39, 0.29) is 18.9 Å². The van der Waals surface area contributed by atoms with Gasteiger partial charge in [0.1, 0.15) is 18.1 Å². The molecule has 0 aliphatic heterocycles. The van der Waals surface area contributed by atoms with E-state index >= 15 is 0 Å². The zero-order valence-electron chi connectivity index (χ0n) is 13.4. The van der Waals surface area contributed by atoms with Crippen molar-refractivity contribution in [3.8, 4) is 23.8 Å². The van der Waals surface area contributed by atoms with Gasteiger partial charge < -0.3 is 9.47 Å². The second-order valence-electron chi connectivity index (χ2n) is 4.88. The first-order valence-corrected chi connectivity index (χ1v) is 7.32. The van der Waals surface area contributed by atoms with E-state index in [1.54, 1.807) is 25.5 Å². The standard InChI is InChI=1S/C19H18N2O3/c1-3-11-24-18-6-4-5-16(12-18)14-20-21-19(22)13-15-7-9-17(23-2)10-8-15/h1,4-10,12,14H,11,13H2,2H3,(H,21,22)/b20-14+. The lowest BCUT2D eigenvalue weighted by atomic mass is 10.1. The molecular formula is C19H18N2O3. The van der Waals surface area contributed by atoms with Crippen molar-refractivity contribution < 1.29 is 14.3 Å². The molecule has 0 saturated carbocycles. The summed E-state index contributed by atoms with van der Waals surface area (Å²) in [6.45, 7) is 0.208. The monoisotopic (exact) mass is 322 g/mol. The Kier molecular flexibility index (Phi) is 6.42. The van der Waals surface area contributed by atoms with E-state index in [1.807, 2.05) is 36.4 Å². The molecule has 0 atom stereocenters. The Balaban J connectivity index is 1.86. The molecule has 2 aromatic rings. The van der Waals surface area contributed by atoms with Crippen molar-refractivity contribution >= 4 is 12.1 Å². The van der Waals surface area contributed by atoms with Gasteiger partial charge in [0.25, 0.3) is 0 Å². The van der Waals surface area contributed by atoms with Gasteiger partial charge in [-0.25, -0.2) is 5.43 Å². The molecule has 5 heteroatoms. The number of carbonyl (C=O) groups excluding carboxylic acids is 1. The van der Waals surface area contributed by atoms with Crippen LogP contribution >= 0.6 is 0 Å². The van der Waals surface area contributed by atoms with Crippen LogP contribution in [-0.4, -0.2) is 25.8 Å². The molecule has 0 aromatic heterocycles. The molecule has 1 N–H and O–H groups in total. The van der Waals surface area contributed by atoms with Crippen LogP contribution in [0.4, 0.5) is 0 Å². The normalized spacial score (nSPS) is 10.2. The molecule has 0 aliphatic carbocycles. The molecular weight excluding hydrogens is 304 g/mol. The third-order valence-electron chi connectivity index (χ3n) is 3.11. The maximum absolute atomic E-state index is 11.9. The summed E-state index contributed by atoms with van der Waals surface area (Å²) < 4.78 is 10.4. The van der Waals surface area contributed by atoms with Gasteiger partial charge in [0.2, 0.25) is 5.91 Å². The van der Waals surface area contributed by atoms with E-state index in [9.17, 15) is 4.79 Å². The molecule has 2 rings (SSSR count). The molecule has 0 spiro atoms. The van der Waals surface area contributed by atoms with Crippen LogP contribution in [0.15, 0.2) is 53.6 Å². The first-order chi connectivity index (χ1) is 11.7. The van der Waals surface area contributed by atoms with E-state index in [0.717, 1.165) is 16.9 Å². The van der Waals surface area contributed by atoms with Gasteiger partial charge in [-0.1, -0.05) is 30.2 Å². The zero-order valence-corrected chi connectivity index (χ0v) is 13.4. The Morgan fingerprint density at radius 1 is 1.25 bits per heavy atom. The van der Waals surface area contributed by atoms with Crippen LogP contribution in [0, 0.1) is 12.3 Å². The molecule has 1 amide bonds. The molecule has 0 fully saturated rings. The molecule has 0 saturated heterocycles. The third-order valence-corrected chi connectivity index (χ3v) is 3.11. The summed E-state index contributed by atoms with van der Waals surface area (Å²) in [5.74, 6) is 3.61. The fraction of sp³-hybridized carbons (Fsp3) is 0.158. The van der Waals surface area contributed by atoms with Gasteiger partial charge in [-0.05, 0) is 35.4 Å². The molecule has 122 valence electrons. The Labute approximate surface area is 141 Å². The number of nitrogens with one attached hydrogen (secondary N) is 1. The summed E-state index contributed by atoms with van der Waals surface area (Å²) in [5, 5.41) is 3.95. The second-order valence-corrected chi connectivity index (χ2v) is 4.88. The molecule has 0 bridgehead atoms.